The van der Waals surface area contributed by atoms with Crippen molar-refractivity contribution in [1.82, 2.24) is 4.98 Å². The minimum absolute atomic E-state index is 0.736. The van der Waals surface area contributed by atoms with Crippen LogP contribution in [0.1, 0.15) is 19.8 Å². The van der Waals surface area contributed by atoms with Crippen LogP contribution in [0.5, 0.6) is 0 Å². The number of nitrogens with zero attached hydrogens (tertiary/aromatic N) is 1. The third-order valence-corrected chi connectivity index (χ3v) is 3.98. The number of aromatic nitrogens is 1. The van der Waals surface area contributed by atoms with Gasteiger partial charge < -0.3 is 10.1 Å². The van der Waals surface area contributed by atoms with E-state index in [1.165, 1.54) is 11.1 Å². The van der Waals surface area contributed by atoms with Crippen molar-refractivity contribution in [3.05, 3.63) is 22.7 Å². The number of unbranched alkanes of at least 4 members (excludes halogenated alkanes) is 1. The lowest BCUT2D eigenvalue weighted by molar-refractivity contribution is 0.141. The quantitative estimate of drug-likeness (QED) is 0.770. The molecule has 98 valence electrons. The molecule has 2 aromatic rings. The van der Waals surface area contributed by atoms with E-state index in [0.717, 1.165) is 41.3 Å². The van der Waals surface area contributed by atoms with E-state index in [-0.39, 0.29) is 0 Å². The number of thiazole rings is 1. The molecule has 1 aromatic carbocycles. The van der Waals surface area contributed by atoms with E-state index in [9.17, 15) is 0 Å². The van der Waals surface area contributed by atoms with Gasteiger partial charge in [-0.05, 0) is 24.6 Å². The Hall–Kier alpha value is -0.650. The minimum Gasteiger partial charge on any atom is -0.380 e. The number of rotatable bonds is 7. The Morgan fingerprint density at radius 2 is 2.28 bits per heavy atom. The molecule has 0 fully saturated rings. The van der Waals surface area contributed by atoms with Gasteiger partial charge in [0.1, 0.15) is 0 Å². The Morgan fingerprint density at radius 1 is 1.39 bits per heavy atom. The Kier molecular flexibility index (Phi) is 5.41. The molecule has 0 saturated carbocycles. The molecule has 0 aliphatic carbocycles. The molecular weight excluding hydrogens is 312 g/mol. The van der Waals surface area contributed by atoms with E-state index in [1.54, 1.807) is 11.3 Å². The van der Waals surface area contributed by atoms with Crippen LogP contribution in [0.3, 0.4) is 0 Å². The molecule has 2 rings (SSSR count). The molecule has 0 bridgehead atoms. The van der Waals surface area contributed by atoms with Crippen LogP contribution >= 0.6 is 27.3 Å². The lowest BCUT2D eigenvalue weighted by atomic mass is 10.3. The number of benzene rings is 1. The first kappa shape index (κ1) is 13.8. The summed E-state index contributed by atoms with van der Waals surface area (Å²) in [4.78, 5) is 4.52. The van der Waals surface area contributed by atoms with Crippen LogP contribution in [0.15, 0.2) is 22.7 Å². The maximum atomic E-state index is 5.50. The fourth-order valence-corrected chi connectivity index (χ4v) is 3.00. The van der Waals surface area contributed by atoms with Crippen LogP contribution in [0.2, 0.25) is 0 Å². The summed E-state index contributed by atoms with van der Waals surface area (Å²) in [5, 5.41) is 4.26. The molecule has 0 amide bonds. The van der Waals surface area contributed by atoms with Gasteiger partial charge in [0, 0.05) is 17.6 Å². The smallest absolute Gasteiger partial charge is 0.183 e. The van der Waals surface area contributed by atoms with Crippen molar-refractivity contribution in [1.29, 1.82) is 0 Å². The average molecular weight is 329 g/mol. The summed E-state index contributed by atoms with van der Waals surface area (Å²) in [6, 6.07) is 6.13. The van der Waals surface area contributed by atoms with Gasteiger partial charge in [-0.25, -0.2) is 4.98 Å². The van der Waals surface area contributed by atoms with E-state index < -0.39 is 0 Å². The van der Waals surface area contributed by atoms with Gasteiger partial charge >= 0.3 is 0 Å². The van der Waals surface area contributed by atoms with Crippen LogP contribution in [0.4, 0.5) is 5.13 Å². The predicted octanol–water partition coefficient (Wildman–Crippen LogP) is 4.29. The first-order valence-electron chi connectivity index (χ1n) is 6.17. The summed E-state index contributed by atoms with van der Waals surface area (Å²) < 4.78 is 7.78. The normalized spacial score (nSPS) is 11.0. The second kappa shape index (κ2) is 7.07. The van der Waals surface area contributed by atoms with Gasteiger partial charge in [0.2, 0.25) is 0 Å². The zero-order chi connectivity index (χ0) is 12.8. The maximum Gasteiger partial charge on any atom is 0.183 e. The first-order valence-corrected chi connectivity index (χ1v) is 7.78. The minimum atomic E-state index is 0.736. The Morgan fingerprint density at radius 3 is 3.11 bits per heavy atom. The predicted molar refractivity (Wildman–Crippen MR) is 81.5 cm³/mol. The highest BCUT2D eigenvalue weighted by Gasteiger charge is 2.03. The molecule has 0 atom stereocenters. The molecule has 1 aromatic heterocycles. The number of fused-ring (bicyclic) bond motifs is 1. The molecule has 0 radical (unpaired) electrons. The van der Waals surface area contributed by atoms with Crippen molar-refractivity contribution in [2.24, 2.45) is 0 Å². The standard InChI is InChI=1S/C13H17BrN2OS/c1-2-3-7-17-8-6-15-13-16-11-5-4-10(14)9-12(11)18-13/h4-5,9H,2-3,6-8H2,1H3,(H,15,16). The van der Waals surface area contributed by atoms with E-state index >= 15 is 0 Å². The fourth-order valence-electron chi connectivity index (χ4n) is 1.55. The van der Waals surface area contributed by atoms with Gasteiger partial charge in [-0.1, -0.05) is 40.6 Å². The summed E-state index contributed by atoms with van der Waals surface area (Å²) in [5.41, 5.74) is 1.04. The molecule has 0 unspecified atom stereocenters. The summed E-state index contributed by atoms with van der Waals surface area (Å²) >= 11 is 5.14. The maximum absolute atomic E-state index is 5.50. The van der Waals surface area contributed by atoms with Crippen LogP contribution in [-0.2, 0) is 4.74 Å². The number of hydrogen-bond acceptors (Lipinski definition) is 4. The largest absolute Gasteiger partial charge is 0.380 e. The Bertz CT molecular complexity index is 501. The average Bonchev–Trinajstić information content (AvgIpc) is 2.75. The van der Waals surface area contributed by atoms with Crippen molar-refractivity contribution in [2.75, 3.05) is 25.1 Å². The number of ether oxygens (including phenoxy) is 1. The van der Waals surface area contributed by atoms with E-state index in [0.29, 0.717) is 0 Å². The lowest BCUT2D eigenvalue weighted by Crippen LogP contribution is -2.09. The molecule has 18 heavy (non-hydrogen) atoms. The first-order chi connectivity index (χ1) is 8.79. The highest BCUT2D eigenvalue weighted by atomic mass is 79.9. The molecule has 0 aliphatic heterocycles. The molecule has 1 heterocycles. The summed E-state index contributed by atoms with van der Waals surface area (Å²) in [6.45, 7) is 4.57. The SMILES string of the molecule is CCCCOCCNc1nc2ccc(Br)cc2s1. The van der Waals surface area contributed by atoms with Crippen LogP contribution in [0, 0.1) is 0 Å². The van der Waals surface area contributed by atoms with Gasteiger partial charge in [0.05, 0.1) is 16.8 Å². The molecule has 0 spiro atoms. The van der Waals surface area contributed by atoms with Gasteiger partial charge in [0.25, 0.3) is 0 Å². The second-order valence-electron chi connectivity index (χ2n) is 4.02. The number of anilines is 1. The van der Waals surface area contributed by atoms with Gasteiger partial charge in [-0.15, -0.1) is 0 Å². The summed E-state index contributed by atoms with van der Waals surface area (Å²) in [6.07, 6.45) is 2.31. The fraction of sp³-hybridized carbons (Fsp3) is 0.462. The Labute approximate surface area is 120 Å². The monoisotopic (exact) mass is 328 g/mol. The van der Waals surface area contributed by atoms with Crippen molar-refractivity contribution < 1.29 is 4.74 Å². The van der Waals surface area contributed by atoms with Gasteiger partial charge in [0.15, 0.2) is 5.13 Å². The van der Waals surface area contributed by atoms with Crippen LogP contribution < -0.4 is 5.32 Å². The second-order valence-corrected chi connectivity index (χ2v) is 5.97. The molecule has 0 saturated heterocycles. The van der Waals surface area contributed by atoms with Crippen molar-refractivity contribution >= 4 is 42.6 Å². The lowest BCUT2D eigenvalue weighted by Gasteiger charge is -2.03. The zero-order valence-electron chi connectivity index (χ0n) is 10.4. The van der Waals surface area contributed by atoms with E-state index in [2.05, 4.69) is 39.2 Å². The third kappa shape index (κ3) is 3.93. The highest BCUT2D eigenvalue weighted by Crippen LogP contribution is 2.28. The van der Waals surface area contributed by atoms with Gasteiger partial charge in [-0.2, -0.15) is 0 Å². The number of halogens is 1. The van der Waals surface area contributed by atoms with Crippen LogP contribution in [0.25, 0.3) is 10.2 Å². The zero-order valence-corrected chi connectivity index (χ0v) is 12.8. The molecule has 1 N–H and O–H groups in total. The molecule has 3 nitrogen and oxygen atoms in total. The summed E-state index contributed by atoms with van der Waals surface area (Å²) in [7, 11) is 0. The topological polar surface area (TPSA) is 34.1 Å². The third-order valence-electron chi connectivity index (χ3n) is 2.52. The van der Waals surface area contributed by atoms with Crippen molar-refractivity contribution in [3.63, 3.8) is 0 Å². The highest BCUT2D eigenvalue weighted by molar-refractivity contribution is 9.10. The molecule has 5 heteroatoms. The van der Waals surface area contributed by atoms with Crippen molar-refractivity contribution in [2.45, 2.75) is 19.8 Å². The number of hydrogen-bond donors (Lipinski definition) is 1. The van der Waals surface area contributed by atoms with E-state index in [1.807, 2.05) is 12.1 Å². The van der Waals surface area contributed by atoms with E-state index in [4.69, 9.17) is 4.74 Å². The van der Waals surface area contributed by atoms with Crippen molar-refractivity contribution in [3.8, 4) is 0 Å². The Balaban J connectivity index is 1.81. The van der Waals surface area contributed by atoms with Gasteiger partial charge in [-0.3, -0.25) is 0 Å². The molecule has 0 aliphatic rings. The number of nitrogens with one attached hydrogen (secondary N) is 1. The summed E-state index contributed by atoms with van der Waals surface area (Å²) in [5.74, 6) is 0. The molecular formula is C13H17BrN2OS. The van der Waals surface area contributed by atoms with Crippen LogP contribution in [-0.4, -0.2) is 24.7 Å².